The van der Waals surface area contributed by atoms with Crippen LogP contribution >= 0.6 is 0 Å². The fraction of sp³-hybridized carbons (Fsp3) is 0.500. The lowest BCUT2D eigenvalue weighted by Crippen LogP contribution is -2.13. The zero-order valence-corrected chi connectivity index (χ0v) is 10.5. The molecule has 18 heavy (non-hydrogen) atoms. The lowest BCUT2D eigenvalue weighted by Gasteiger charge is -2.05. The molecule has 0 fully saturated rings. The van der Waals surface area contributed by atoms with Gasteiger partial charge >= 0.3 is 0 Å². The number of hydrogen-bond donors (Lipinski definition) is 0. The van der Waals surface area contributed by atoms with Crippen molar-refractivity contribution in [3.63, 3.8) is 0 Å². The molecule has 0 unspecified atom stereocenters. The first-order valence-electron chi connectivity index (χ1n) is 6.21. The topological polar surface area (TPSA) is 26.3 Å². The molecule has 0 aliphatic rings. The van der Waals surface area contributed by atoms with Crippen LogP contribution < -0.4 is 0 Å². The van der Waals surface area contributed by atoms with E-state index in [0.717, 1.165) is 37.8 Å². The summed E-state index contributed by atoms with van der Waals surface area (Å²) in [7, 11) is 0. The number of carbonyl (C=O) groups is 1. The summed E-state index contributed by atoms with van der Waals surface area (Å²) in [6.45, 7) is 2.27. The summed E-state index contributed by atoms with van der Waals surface area (Å²) in [4.78, 5) is 11.6. The zero-order valence-electron chi connectivity index (χ0n) is 10.5. The molecule has 0 amide bonds. The zero-order chi connectivity index (χ0) is 13.4. The van der Waals surface area contributed by atoms with E-state index in [1.807, 2.05) is 0 Å². The third kappa shape index (κ3) is 4.53. The van der Waals surface area contributed by atoms with Crippen molar-refractivity contribution in [2.24, 2.45) is 0 Å². The molecule has 0 heterocycles. The highest BCUT2D eigenvalue weighted by Crippen LogP contribution is 2.12. The van der Waals surface area contributed by atoms with Crippen LogP contribution in [-0.2, 0) is 4.74 Å². The van der Waals surface area contributed by atoms with E-state index in [4.69, 9.17) is 4.74 Å². The fourth-order valence-electron chi connectivity index (χ4n) is 1.63. The first kappa shape index (κ1) is 14.8. The van der Waals surface area contributed by atoms with Crippen LogP contribution in [-0.4, -0.2) is 19.0 Å². The molecule has 4 heteroatoms. The average Bonchev–Trinajstić information content (AvgIpc) is 2.33. The minimum atomic E-state index is -0.838. The van der Waals surface area contributed by atoms with Crippen LogP contribution in [0, 0.1) is 11.6 Å². The van der Waals surface area contributed by atoms with E-state index in [-0.39, 0.29) is 6.61 Å². The summed E-state index contributed by atoms with van der Waals surface area (Å²) < 4.78 is 31.6. The summed E-state index contributed by atoms with van der Waals surface area (Å²) in [5.74, 6) is -2.33. The van der Waals surface area contributed by atoms with Crippen molar-refractivity contribution in [1.82, 2.24) is 0 Å². The van der Waals surface area contributed by atoms with Gasteiger partial charge in [-0.25, -0.2) is 8.78 Å². The first-order valence-corrected chi connectivity index (χ1v) is 6.21. The van der Waals surface area contributed by atoms with Gasteiger partial charge in [0.1, 0.15) is 18.2 Å². The molecule has 1 rings (SSSR count). The van der Waals surface area contributed by atoms with Crippen LogP contribution in [0.5, 0.6) is 0 Å². The van der Waals surface area contributed by atoms with Gasteiger partial charge in [0.25, 0.3) is 0 Å². The van der Waals surface area contributed by atoms with Crippen LogP contribution in [0.1, 0.15) is 43.0 Å². The van der Waals surface area contributed by atoms with E-state index in [2.05, 4.69) is 6.92 Å². The Bertz CT molecular complexity index is 371. The number of carbonyl (C=O) groups excluding carboxylic acids is 1. The Balaban J connectivity index is 2.37. The van der Waals surface area contributed by atoms with E-state index < -0.39 is 23.0 Å². The summed E-state index contributed by atoms with van der Waals surface area (Å²) in [6, 6.07) is 3.36. The van der Waals surface area contributed by atoms with Gasteiger partial charge in [0.15, 0.2) is 5.78 Å². The number of halogens is 2. The lowest BCUT2D eigenvalue weighted by atomic mass is 10.1. The highest BCUT2D eigenvalue weighted by molar-refractivity contribution is 5.97. The Morgan fingerprint density at radius 3 is 2.44 bits per heavy atom. The highest BCUT2D eigenvalue weighted by atomic mass is 19.1. The smallest absolute Gasteiger partial charge is 0.194 e. The third-order valence-electron chi connectivity index (χ3n) is 2.62. The van der Waals surface area contributed by atoms with E-state index >= 15 is 0 Å². The summed E-state index contributed by atoms with van der Waals surface area (Å²) >= 11 is 0. The van der Waals surface area contributed by atoms with Gasteiger partial charge in [0.2, 0.25) is 0 Å². The first-order chi connectivity index (χ1) is 8.66. The Morgan fingerprint density at radius 2 is 1.83 bits per heavy atom. The SMILES string of the molecule is CCCCCCOCC(=O)c1c(F)cccc1F. The quantitative estimate of drug-likeness (QED) is 0.523. The molecule has 0 radical (unpaired) electrons. The number of unbranched alkanes of at least 4 members (excludes halogenated alkanes) is 3. The maximum Gasteiger partial charge on any atom is 0.194 e. The predicted molar refractivity (Wildman–Crippen MR) is 65.6 cm³/mol. The maximum absolute atomic E-state index is 13.3. The molecule has 0 atom stereocenters. The van der Waals surface area contributed by atoms with Gasteiger partial charge in [0.05, 0.1) is 5.56 Å². The van der Waals surface area contributed by atoms with Crippen LogP contribution in [0.25, 0.3) is 0 Å². The van der Waals surface area contributed by atoms with Crippen molar-refractivity contribution in [2.75, 3.05) is 13.2 Å². The van der Waals surface area contributed by atoms with Gasteiger partial charge < -0.3 is 4.74 Å². The van der Waals surface area contributed by atoms with Crippen molar-refractivity contribution in [3.05, 3.63) is 35.4 Å². The molecule has 0 aliphatic carbocycles. The van der Waals surface area contributed by atoms with Gasteiger partial charge in [0, 0.05) is 6.61 Å². The van der Waals surface area contributed by atoms with Crippen molar-refractivity contribution in [1.29, 1.82) is 0 Å². The maximum atomic E-state index is 13.3. The largest absolute Gasteiger partial charge is 0.373 e. The standard InChI is InChI=1S/C14H18F2O2/c1-2-3-4-5-9-18-10-13(17)14-11(15)7-6-8-12(14)16/h6-8H,2-5,9-10H2,1H3. The second-order valence-corrected chi connectivity index (χ2v) is 4.13. The predicted octanol–water partition coefficient (Wildman–Crippen LogP) is 3.74. The van der Waals surface area contributed by atoms with Gasteiger partial charge in [-0.15, -0.1) is 0 Å². The van der Waals surface area contributed by atoms with E-state index in [1.54, 1.807) is 0 Å². The Labute approximate surface area is 106 Å². The van der Waals surface area contributed by atoms with Gasteiger partial charge in [-0.3, -0.25) is 4.79 Å². The molecule has 0 spiro atoms. The average molecular weight is 256 g/mol. The van der Waals surface area contributed by atoms with Crippen molar-refractivity contribution < 1.29 is 18.3 Å². The highest BCUT2D eigenvalue weighted by Gasteiger charge is 2.16. The van der Waals surface area contributed by atoms with Crippen LogP contribution in [0.2, 0.25) is 0 Å². The van der Waals surface area contributed by atoms with Gasteiger partial charge in [-0.05, 0) is 18.6 Å². The van der Waals surface area contributed by atoms with Crippen LogP contribution in [0.4, 0.5) is 8.78 Å². The Kier molecular flexibility index (Phi) is 6.50. The summed E-state index contributed by atoms with van der Waals surface area (Å²) in [5.41, 5.74) is -0.508. The molecule has 0 saturated heterocycles. The van der Waals surface area contributed by atoms with E-state index in [9.17, 15) is 13.6 Å². The fourth-order valence-corrected chi connectivity index (χ4v) is 1.63. The monoisotopic (exact) mass is 256 g/mol. The molecule has 100 valence electrons. The number of hydrogen-bond acceptors (Lipinski definition) is 2. The molecule has 1 aromatic rings. The molecule has 0 aliphatic heterocycles. The second-order valence-electron chi connectivity index (χ2n) is 4.13. The van der Waals surface area contributed by atoms with Crippen LogP contribution in [0.15, 0.2) is 18.2 Å². The van der Waals surface area contributed by atoms with Gasteiger partial charge in [-0.1, -0.05) is 32.3 Å². The van der Waals surface area contributed by atoms with Crippen molar-refractivity contribution in [2.45, 2.75) is 32.6 Å². The number of benzene rings is 1. The minimum Gasteiger partial charge on any atom is -0.373 e. The summed E-state index contributed by atoms with van der Waals surface area (Å²) in [5, 5.41) is 0. The molecular formula is C14H18F2O2. The number of Topliss-reactive ketones (excluding diaryl/α,β-unsaturated/α-hetero) is 1. The second kappa shape index (κ2) is 7.93. The normalized spacial score (nSPS) is 10.6. The number of ether oxygens (including phenoxy) is 1. The molecule has 2 nitrogen and oxygen atoms in total. The number of rotatable bonds is 8. The Hall–Kier alpha value is -1.29. The van der Waals surface area contributed by atoms with Crippen molar-refractivity contribution in [3.8, 4) is 0 Å². The molecule has 0 aromatic heterocycles. The molecule has 0 bridgehead atoms. The number of ketones is 1. The van der Waals surface area contributed by atoms with E-state index in [1.165, 1.54) is 6.07 Å². The van der Waals surface area contributed by atoms with E-state index in [0.29, 0.717) is 6.61 Å². The molecule has 1 aromatic carbocycles. The summed E-state index contributed by atoms with van der Waals surface area (Å²) in [6.07, 6.45) is 4.15. The third-order valence-corrected chi connectivity index (χ3v) is 2.62. The molecule has 0 saturated carbocycles. The Morgan fingerprint density at radius 1 is 1.17 bits per heavy atom. The lowest BCUT2D eigenvalue weighted by molar-refractivity contribution is 0.0744. The molecular weight excluding hydrogens is 238 g/mol. The van der Waals surface area contributed by atoms with Crippen LogP contribution in [0.3, 0.4) is 0 Å². The van der Waals surface area contributed by atoms with Crippen molar-refractivity contribution >= 4 is 5.78 Å². The minimum absolute atomic E-state index is 0.274. The molecule has 0 N–H and O–H groups in total. The van der Waals surface area contributed by atoms with Gasteiger partial charge in [-0.2, -0.15) is 0 Å².